The molecule has 0 heterocycles. The third kappa shape index (κ3) is 8.26. The second-order valence-corrected chi connectivity index (χ2v) is 7.74. The predicted molar refractivity (Wildman–Crippen MR) is 133 cm³/mol. The molecule has 3 aromatic rings. The highest BCUT2D eigenvalue weighted by atomic mass is 19.1. The standard InChI is InChI=1S/C27H28FN3O4/c1-3-34-25-16-20(11-12-24(25)35-18-21-8-6-7-19(2)15-21)17-29-31-27(33)14-13-26(32)30-23-10-5-4-9-22(23)28/h4-12,15-17H,3,13-14,18H2,1-2H3,(H,30,32)(H,31,33). The van der Waals surface area contributed by atoms with E-state index in [0.29, 0.717) is 30.3 Å². The first-order valence-corrected chi connectivity index (χ1v) is 11.3. The molecule has 0 spiro atoms. The molecule has 3 aromatic carbocycles. The van der Waals surface area contributed by atoms with E-state index < -0.39 is 17.6 Å². The summed E-state index contributed by atoms with van der Waals surface area (Å²) >= 11 is 0. The Morgan fingerprint density at radius 1 is 0.943 bits per heavy atom. The molecule has 0 aromatic heterocycles. The van der Waals surface area contributed by atoms with Crippen LogP contribution < -0.4 is 20.2 Å². The second-order valence-electron chi connectivity index (χ2n) is 7.74. The highest BCUT2D eigenvalue weighted by Gasteiger charge is 2.10. The molecule has 0 fully saturated rings. The minimum Gasteiger partial charge on any atom is -0.490 e. The van der Waals surface area contributed by atoms with Gasteiger partial charge in [-0.05, 0) is 55.3 Å². The molecule has 182 valence electrons. The molecule has 0 aliphatic carbocycles. The third-order valence-electron chi connectivity index (χ3n) is 4.87. The van der Waals surface area contributed by atoms with Gasteiger partial charge in [-0.2, -0.15) is 5.10 Å². The van der Waals surface area contributed by atoms with E-state index in [1.807, 2.05) is 32.0 Å². The van der Waals surface area contributed by atoms with Crippen molar-refractivity contribution in [2.75, 3.05) is 11.9 Å². The van der Waals surface area contributed by atoms with E-state index in [2.05, 4.69) is 21.9 Å². The zero-order valence-corrected chi connectivity index (χ0v) is 19.7. The lowest BCUT2D eigenvalue weighted by molar-refractivity contribution is -0.124. The highest BCUT2D eigenvalue weighted by Crippen LogP contribution is 2.29. The van der Waals surface area contributed by atoms with Crippen LogP contribution in [-0.4, -0.2) is 24.6 Å². The van der Waals surface area contributed by atoms with Crippen LogP contribution >= 0.6 is 0 Å². The van der Waals surface area contributed by atoms with Crippen molar-refractivity contribution in [3.8, 4) is 11.5 Å². The molecule has 35 heavy (non-hydrogen) atoms. The first-order valence-electron chi connectivity index (χ1n) is 11.3. The number of amides is 2. The summed E-state index contributed by atoms with van der Waals surface area (Å²) in [5.74, 6) is -0.256. The van der Waals surface area contributed by atoms with Gasteiger partial charge in [0.2, 0.25) is 11.8 Å². The minimum atomic E-state index is -0.534. The number of rotatable bonds is 11. The Bertz CT molecular complexity index is 1200. The maximum Gasteiger partial charge on any atom is 0.240 e. The summed E-state index contributed by atoms with van der Waals surface area (Å²) in [5.41, 5.74) is 5.38. The van der Waals surface area contributed by atoms with Crippen LogP contribution in [0.15, 0.2) is 71.8 Å². The van der Waals surface area contributed by atoms with Crippen LogP contribution in [0, 0.1) is 12.7 Å². The highest BCUT2D eigenvalue weighted by molar-refractivity contribution is 5.93. The van der Waals surface area contributed by atoms with Crippen molar-refractivity contribution in [1.29, 1.82) is 0 Å². The van der Waals surface area contributed by atoms with Crippen LogP contribution in [0.5, 0.6) is 11.5 Å². The number of aryl methyl sites for hydroxylation is 1. The van der Waals surface area contributed by atoms with Crippen molar-refractivity contribution < 1.29 is 23.5 Å². The van der Waals surface area contributed by atoms with Gasteiger partial charge in [0, 0.05) is 12.8 Å². The number of hydrogen-bond acceptors (Lipinski definition) is 5. The molecule has 0 atom stereocenters. The van der Waals surface area contributed by atoms with Crippen LogP contribution in [0.1, 0.15) is 36.5 Å². The third-order valence-corrected chi connectivity index (χ3v) is 4.87. The first-order chi connectivity index (χ1) is 16.9. The number of ether oxygens (including phenoxy) is 2. The molecule has 0 aliphatic heterocycles. The number of nitrogens with one attached hydrogen (secondary N) is 2. The number of hydrogen-bond donors (Lipinski definition) is 2. The Hall–Kier alpha value is -4.20. The van der Waals surface area contributed by atoms with Gasteiger partial charge < -0.3 is 14.8 Å². The van der Waals surface area contributed by atoms with Gasteiger partial charge in [0.15, 0.2) is 11.5 Å². The van der Waals surface area contributed by atoms with E-state index in [9.17, 15) is 14.0 Å². The summed E-state index contributed by atoms with van der Waals surface area (Å²) in [4.78, 5) is 23.9. The van der Waals surface area contributed by atoms with E-state index in [4.69, 9.17) is 9.47 Å². The maximum atomic E-state index is 13.6. The molecule has 8 heteroatoms. The molecule has 0 unspecified atom stereocenters. The molecule has 0 bridgehead atoms. The van der Waals surface area contributed by atoms with Crippen molar-refractivity contribution >= 4 is 23.7 Å². The van der Waals surface area contributed by atoms with Crippen LogP contribution in [0.3, 0.4) is 0 Å². The number of hydrazone groups is 1. The van der Waals surface area contributed by atoms with Crippen LogP contribution in [0.4, 0.5) is 10.1 Å². The monoisotopic (exact) mass is 477 g/mol. The van der Waals surface area contributed by atoms with E-state index in [1.54, 1.807) is 24.3 Å². The number of carbonyl (C=O) groups is 2. The van der Waals surface area contributed by atoms with Crippen LogP contribution in [0.2, 0.25) is 0 Å². The second kappa shape index (κ2) is 12.9. The average molecular weight is 478 g/mol. The maximum absolute atomic E-state index is 13.6. The topological polar surface area (TPSA) is 89.0 Å². The predicted octanol–water partition coefficient (Wildman–Crippen LogP) is 4.98. The molecular formula is C27H28FN3O4. The fourth-order valence-electron chi connectivity index (χ4n) is 3.19. The van der Waals surface area contributed by atoms with Gasteiger partial charge in [-0.25, -0.2) is 9.82 Å². The summed E-state index contributed by atoms with van der Waals surface area (Å²) < 4.78 is 25.2. The molecule has 0 saturated carbocycles. The fraction of sp³-hybridized carbons (Fsp3) is 0.222. The van der Waals surface area contributed by atoms with Gasteiger partial charge in [-0.1, -0.05) is 42.0 Å². The molecule has 2 amide bonds. The van der Waals surface area contributed by atoms with Crippen LogP contribution in [-0.2, 0) is 16.2 Å². The number of carbonyl (C=O) groups excluding carboxylic acids is 2. The van der Waals surface area contributed by atoms with Gasteiger partial charge in [-0.3, -0.25) is 9.59 Å². The van der Waals surface area contributed by atoms with Gasteiger partial charge in [0.25, 0.3) is 0 Å². The lowest BCUT2D eigenvalue weighted by Crippen LogP contribution is -2.21. The van der Waals surface area contributed by atoms with Crippen molar-refractivity contribution in [2.24, 2.45) is 5.10 Å². The van der Waals surface area contributed by atoms with E-state index in [-0.39, 0.29) is 18.5 Å². The minimum absolute atomic E-state index is 0.0762. The number of benzene rings is 3. The summed E-state index contributed by atoms with van der Waals surface area (Å²) in [6.45, 7) is 4.79. The van der Waals surface area contributed by atoms with Crippen molar-refractivity contribution in [3.63, 3.8) is 0 Å². The zero-order chi connectivity index (χ0) is 25.0. The average Bonchev–Trinajstić information content (AvgIpc) is 2.84. The Balaban J connectivity index is 1.50. The molecule has 7 nitrogen and oxygen atoms in total. The fourth-order valence-corrected chi connectivity index (χ4v) is 3.19. The van der Waals surface area contributed by atoms with Crippen LogP contribution in [0.25, 0.3) is 0 Å². The van der Waals surface area contributed by atoms with E-state index in [0.717, 1.165) is 11.1 Å². The Morgan fingerprint density at radius 3 is 2.51 bits per heavy atom. The quantitative estimate of drug-likeness (QED) is 0.301. The number of anilines is 1. The number of halogens is 1. The van der Waals surface area contributed by atoms with Gasteiger partial charge in [-0.15, -0.1) is 0 Å². The SMILES string of the molecule is CCOc1cc(C=NNC(=O)CCC(=O)Nc2ccccc2F)ccc1OCc1cccc(C)c1. The lowest BCUT2D eigenvalue weighted by atomic mass is 10.1. The molecule has 3 rings (SSSR count). The largest absolute Gasteiger partial charge is 0.490 e. The Morgan fingerprint density at radius 2 is 1.74 bits per heavy atom. The lowest BCUT2D eigenvalue weighted by Gasteiger charge is -2.13. The molecule has 0 radical (unpaired) electrons. The van der Waals surface area contributed by atoms with Gasteiger partial charge in [0.05, 0.1) is 18.5 Å². The Labute approximate surface area is 204 Å². The molecule has 2 N–H and O–H groups in total. The van der Waals surface area contributed by atoms with Crippen molar-refractivity contribution in [3.05, 3.63) is 89.2 Å². The summed E-state index contributed by atoms with van der Waals surface area (Å²) in [6, 6.07) is 19.3. The van der Waals surface area contributed by atoms with Crippen molar-refractivity contribution in [1.82, 2.24) is 5.43 Å². The Kier molecular flexibility index (Phi) is 9.36. The molecule has 0 aliphatic rings. The van der Waals surface area contributed by atoms with Gasteiger partial charge >= 0.3 is 0 Å². The van der Waals surface area contributed by atoms with E-state index in [1.165, 1.54) is 24.4 Å². The summed E-state index contributed by atoms with van der Waals surface area (Å²) in [5, 5.41) is 6.38. The summed E-state index contributed by atoms with van der Waals surface area (Å²) in [6.07, 6.45) is 1.29. The smallest absolute Gasteiger partial charge is 0.240 e. The normalized spacial score (nSPS) is 10.7. The zero-order valence-electron chi connectivity index (χ0n) is 19.7. The van der Waals surface area contributed by atoms with Gasteiger partial charge in [0.1, 0.15) is 12.4 Å². The number of para-hydroxylation sites is 1. The molecular weight excluding hydrogens is 449 g/mol. The molecule has 0 saturated heterocycles. The van der Waals surface area contributed by atoms with Crippen molar-refractivity contribution in [2.45, 2.75) is 33.3 Å². The summed E-state index contributed by atoms with van der Waals surface area (Å²) in [7, 11) is 0. The van der Waals surface area contributed by atoms with E-state index >= 15 is 0 Å². The first kappa shape index (κ1) is 25.4. The number of nitrogens with zero attached hydrogens (tertiary/aromatic N) is 1.